The van der Waals surface area contributed by atoms with E-state index in [1.165, 1.54) is 0 Å². The summed E-state index contributed by atoms with van der Waals surface area (Å²) in [5.74, 6) is 0. The molecule has 0 fully saturated rings. The van der Waals surface area contributed by atoms with Gasteiger partial charge in [0.05, 0.1) is 17.7 Å². The SMILES string of the molecule is CCC(O)(COC)Cc1cncs1. The maximum atomic E-state index is 10.0. The molecule has 1 N–H and O–H groups in total. The molecule has 3 nitrogen and oxygen atoms in total. The Balaban J connectivity index is 2.58. The lowest BCUT2D eigenvalue weighted by molar-refractivity contribution is -0.0328. The van der Waals surface area contributed by atoms with E-state index in [9.17, 15) is 5.11 Å². The normalized spacial score (nSPS) is 15.6. The van der Waals surface area contributed by atoms with Crippen LogP contribution in [0.2, 0.25) is 0 Å². The highest BCUT2D eigenvalue weighted by atomic mass is 32.1. The fraction of sp³-hybridized carbons (Fsp3) is 0.667. The van der Waals surface area contributed by atoms with Crippen LogP contribution in [0.4, 0.5) is 0 Å². The quantitative estimate of drug-likeness (QED) is 0.784. The van der Waals surface area contributed by atoms with Crippen LogP contribution in [0, 0.1) is 0 Å². The molecule has 1 unspecified atom stereocenters. The average Bonchev–Trinajstić information content (AvgIpc) is 2.57. The summed E-state index contributed by atoms with van der Waals surface area (Å²) in [4.78, 5) is 5.07. The third-order valence-corrected chi connectivity index (χ3v) is 2.84. The van der Waals surface area contributed by atoms with Crippen molar-refractivity contribution in [2.75, 3.05) is 13.7 Å². The van der Waals surface area contributed by atoms with Crippen LogP contribution >= 0.6 is 11.3 Å². The number of hydrogen-bond donors (Lipinski definition) is 1. The fourth-order valence-electron chi connectivity index (χ4n) is 1.20. The molecular weight excluding hydrogens is 186 g/mol. The molecule has 0 amide bonds. The van der Waals surface area contributed by atoms with E-state index in [0.717, 1.165) is 4.88 Å². The minimum atomic E-state index is -0.735. The average molecular weight is 201 g/mol. The molecule has 0 radical (unpaired) electrons. The van der Waals surface area contributed by atoms with E-state index in [2.05, 4.69) is 4.98 Å². The molecule has 13 heavy (non-hydrogen) atoms. The van der Waals surface area contributed by atoms with Gasteiger partial charge in [-0.15, -0.1) is 11.3 Å². The highest BCUT2D eigenvalue weighted by Crippen LogP contribution is 2.19. The van der Waals surface area contributed by atoms with E-state index in [1.54, 1.807) is 30.2 Å². The fourth-order valence-corrected chi connectivity index (χ4v) is 1.93. The van der Waals surface area contributed by atoms with Gasteiger partial charge >= 0.3 is 0 Å². The van der Waals surface area contributed by atoms with Crippen molar-refractivity contribution in [3.63, 3.8) is 0 Å². The Morgan fingerprint density at radius 3 is 2.92 bits per heavy atom. The lowest BCUT2D eigenvalue weighted by Crippen LogP contribution is -2.35. The summed E-state index contributed by atoms with van der Waals surface area (Å²) in [7, 11) is 1.60. The van der Waals surface area contributed by atoms with Crippen molar-refractivity contribution < 1.29 is 9.84 Å². The van der Waals surface area contributed by atoms with Gasteiger partial charge in [-0.25, -0.2) is 0 Å². The first-order valence-electron chi connectivity index (χ1n) is 4.29. The van der Waals surface area contributed by atoms with Gasteiger partial charge in [-0.2, -0.15) is 0 Å². The van der Waals surface area contributed by atoms with Crippen molar-refractivity contribution in [1.29, 1.82) is 0 Å². The van der Waals surface area contributed by atoms with E-state index in [4.69, 9.17) is 4.74 Å². The molecule has 0 aliphatic rings. The van der Waals surface area contributed by atoms with Crippen LogP contribution in [0.25, 0.3) is 0 Å². The molecule has 74 valence electrons. The highest BCUT2D eigenvalue weighted by molar-refractivity contribution is 7.09. The Morgan fingerprint density at radius 2 is 2.46 bits per heavy atom. The Kier molecular flexibility index (Phi) is 3.84. The Hall–Kier alpha value is -0.450. The zero-order chi connectivity index (χ0) is 9.73. The van der Waals surface area contributed by atoms with Crippen LogP contribution < -0.4 is 0 Å². The van der Waals surface area contributed by atoms with Crippen molar-refractivity contribution >= 4 is 11.3 Å². The third-order valence-electron chi connectivity index (χ3n) is 2.06. The maximum Gasteiger partial charge on any atom is 0.0925 e. The molecular formula is C9H15NO2S. The van der Waals surface area contributed by atoms with E-state index < -0.39 is 5.60 Å². The molecule has 0 spiro atoms. The van der Waals surface area contributed by atoms with Gasteiger partial charge in [-0.3, -0.25) is 4.98 Å². The van der Waals surface area contributed by atoms with Gasteiger partial charge in [0.15, 0.2) is 0 Å². The van der Waals surface area contributed by atoms with Crippen LogP contribution in [-0.2, 0) is 11.2 Å². The molecule has 0 saturated carbocycles. The third kappa shape index (κ3) is 3.06. The number of hydrogen-bond acceptors (Lipinski definition) is 4. The summed E-state index contributed by atoms with van der Waals surface area (Å²) in [6.07, 6.45) is 3.11. The van der Waals surface area contributed by atoms with E-state index in [0.29, 0.717) is 19.4 Å². The summed E-state index contributed by atoms with van der Waals surface area (Å²) in [6, 6.07) is 0. The molecule has 1 heterocycles. The van der Waals surface area contributed by atoms with E-state index in [-0.39, 0.29) is 0 Å². The predicted molar refractivity (Wildman–Crippen MR) is 52.9 cm³/mol. The first-order valence-corrected chi connectivity index (χ1v) is 5.17. The summed E-state index contributed by atoms with van der Waals surface area (Å²) in [5.41, 5.74) is 1.04. The molecule has 1 aromatic rings. The second-order valence-electron chi connectivity index (χ2n) is 3.16. The zero-order valence-corrected chi connectivity index (χ0v) is 8.80. The smallest absolute Gasteiger partial charge is 0.0925 e. The van der Waals surface area contributed by atoms with Gasteiger partial charge in [-0.1, -0.05) is 6.92 Å². The van der Waals surface area contributed by atoms with Gasteiger partial charge in [0, 0.05) is 24.6 Å². The number of aromatic nitrogens is 1. The van der Waals surface area contributed by atoms with Gasteiger partial charge in [-0.05, 0) is 6.42 Å². The molecule has 1 aromatic heterocycles. The summed E-state index contributed by atoms with van der Waals surface area (Å²) >= 11 is 1.56. The summed E-state index contributed by atoms with van der Waals surface area (Å²) in [5, 5.41) is 10.0. The number of rotatable bonds is 5. The first-order chi connectivity index (χ1) is 6.20. The molecule has 0 bridgehead atoms. The minimum absolute atomic E-state index is 0.376. The van der Waals surface area contributed by atoms with Crippen molar-refractivity contribution in [2.24, 2.45) is 0 Å². The minimum Gasteiger partial charge on any atom is -0.387 e. The van der Waals surface area contributed by atoms with Crippen LogP contribution in [0.15, 0.2) is 11.7 Å². The van der Waals surface area contributed by atoms with Crippen molar-refractivity contribution in [3.8, 4) is 0 Å². The summed E-state index contributed by atoms with van der Waals surface area (Å²) < 4.78 is 4.98. The lowest BCUT2D eigenvalue weighted by Gasteiger charge is -2.24. The Bertz CT molecular complexity index is 238. The number of ether oxygens (including phenoxy) is 1. The van der Waals surface area contributed by atoms with Crippen molar-refractivity contribution in [2.45, 2.75) is 25.4 Å². The van der Waals surface area contributed by atoms with Crippen LogP contribution in [0.1, 0.15) is 18.2 Å². The Labute approximate surface area is 82.4 Å². The second-order valence-corrected chi connectivity index (χ2v) is 4.13. The van der Waals surface area contributed by atoms with Crippen molar-refractivity contribution in [3.05, 3.63) is 16.6 Å². The number of methoxy groups -OCH3 is 1. The maximum absolute atomic E-state index is 10.0. The Morgan fingerprint density at radius 1 is 1.69 bits per heavy atom. The standard InChI is InChI=1S/C9H15NO2S/c1-3-9(11,6-12-2)4-8-5-10-7-13-8/h5,7,11H,3-4,6H2,1-2H3. The molecule has 0 aromatic carbocycles. The molecule has 0 saturated heterocycles. The van der Waals surface area contributed by atoms with Gasteiger partial charge in [0.2, 0.25) is 0 Å². The molecule has 1 atom stereocenters. The van der Waals surface area contributed by atoms with E-state index >= 15 is 0 Å². The number of nitrogens with zero attached hydrogens (tertiary/aromatic N) is 1. The summed E-state index contributed by atoms with van der Waals surface area (Å²) in [6.45, 7) is 2.33. The van der Waals surface area contributed by atoms with E-state index in [1.807, 2.05) is 6.92 Å². The van der Waals surface area contributed by atoms with Gasteiger partial charge in [0.25, 0.3) is 0 Å². The molecule has 0 aliphatic carbocycles. The molecule has 4 heteroatoms. The first kappa shape index (κ1) is 10.6. The topological polar surface area (TPSA) is 42.4 Å². The van der Waals surface area contributed by atoms with Gasteiger partial charge in [0.1, 0.15) is 0 Å². The lowest BCUT2D eigenvalue weighted by atomic mass is 9.97. The molecule has 1 rings (SSSR count). The largest absolute Gasteiger partial charge is 0.387 e. The zero-order valence-electron chi connectivity index (χ0n) is 7.99. The van der Waals surface area contributed by atoms with Crippen LogP contribution in [0.5, 0.6) is 0 Å². The van der Waals surface area contributed by atoms with Crippen molar-refractivity contribution in [1.82, 2.24) is 4.98 Å². The van der Waals surface area contributed by atoms with Crippen LogP contribution in [-0.4, -0.2) is 29.4 Å². The highest BCUT2D eigenvalue weighted by Gasteiger charge is 2.25. The predicted octanol–water partition coefficient (Wildman–Crippen LogP) is 1.47. The number of aliphatic hydroxyl groups is 1. The van der Waals surface area contributed by atoms with Gasteiger partial charge < -0.3 is 9.84 Å². The second kappa shape index (κ2) is 4.69. The number of thiazole rings is 1. The van der Waals surface area contributed by atoms with Crippen LogP contribution in [0.3, 0.4) is 0 Å². The molecule has 0 aliphatic heterocycles. The monoisotopic (exact) mass is 201 g/mol.